The van der Waals surface area contributed by atoms with E-state index in [9.17, 15) is 4.39 Å². The Bertz CT molecular complexity index is 288. The highest BCUT2D eigenvalue weighted by Gasteiger charge is 2.05. The van der Waals surface area contributed by atoms with E-state index in [0.717, 1.165) is 16.5 Å². The highest BCUT2D eigenvalue weighted by Crippen LogP contribution is 2.16. The summed E-state index contributed by atoms with van der Waals surface area (Å²) in [6, 6.07) is 5.47. The molecule has 0 aliphatic carbocycles. The fourth-order valence-electron chi connectivity index (χ4n) is 1.12. The molecule has 0 aliphatic rings. The van der Waals surface area contributed by atoms with Gasteiger partial charge in [-0.25, -0.2) is 4.39 Å². The molecule has 0 aromatic heterocycles. The van der Waals surface area contributed by atoms with Gasteiger partial charge >= 0.3 is 0 Å². The van der Waals surface area contributed by atoms with Crippen molar-refractivity contribution in [2.45, 2.75) is 19.4 Å². The van der Waals surface area contributed by atoms with Crippen molar-refractivity contribution in [3.05, 3.63) is 34.1 Å². The number of nitrogens with one attached hydrogen (secondary N) is 1. The number of hydrogen-bond acceptors (Lipinski definition) is 1. The van der Waals surface area contributed by atoms with E-state index in [0.29, 0.717) is 6.04 Å². The van der Waals surface area contributed by atoms with Crippen LogP contribution in [0.4, 0.5) is 4.39 Å². The Morgan fingerprint density at radius 3 is 2.77 bits per heavy atom. The fourth-order valence-corrected chi connectivity index (χ4v) is 1.45. The van der Waals surface area contributed by atoms with Gasteiger partial charge in [0.2, 0.25) is 0 Å². The third-order valence-corrected chi connectivity index (χ3v) is 2.53. The summed E-state index contributed by atoms with van der Waals surface area (Å²) in [5.41, 5.74) is 0.755. The molecule has 0 aliphatic heterocycles. The van der Waals surface area contributed by atoms with Gasteiger partial charge in [0.25, 0.3) is 0 Å². The second-order valence-electron chi connectivity index (χ2n) is 3.13. The van der Waals surface area contributed by atoms with Crippen LogP contribution in [0.2, 0.25) is 0 Å². The van der Waals surface area contributed by atoms with E-state index in [4.69, 9.17) is 0 Å². The molecular formula is C10H13BrFN. The maximum Gasteiger partial charge on any atom is 0.127 e. The molecule has 1 atom stereocenters. The average Bonchev–Trinajstić information content (AvgIpc) is 2.09. The Labute approximate surface area is 86.5 Å². The fraction of sp³-hybridized carbons (Fsp3) is 0.400. The van der Waals surface area contributed by atoms with Crippen molar-refractivity contribution >= 4 is 15.9 Å². The van der Waals surface area contributed by atoms with Crippen molar-refractivity contribution in [3.63, 3.8) is 0 Å². The van der Waals surface area contributed by atoms with Gasteiger partial charge in [-0.1, -0.05) is 22.0 Å². The highest BCUT2D eigenvalue weighted by molar-refractivity contribution is 9.10. The molecule has 0 radical (unpaired) electrons. The summed E-state index contributed by atoms with van der Waals surface area (Å²) in [7, 11) is 1.88. The molecule has 0 bridgehead atoms. The molecule has 13 heavy (non-hydrogen) atoms. The third-order valence-electron chi connectivity index (χ3n) is 2.03. The average molecular weight is 246 g/mol. The summed E-state index contributed by atoms with van der Waals surface area (Å²) in [4.78, 5) is 0. The molecule has 0 saturated heterocycles. The summed E-state index contributed by atoms with van der Waals surface area (Å²) in [6.45, 7) is 2.03. The molecule has 1 unspecified atom stereocenters. The monoisotopic (exact) mass is 245 g/mol. The molecule has 72 valence electrons. The van der Waals surface area contributed by atoms with E-state index < -0.39 is 0 Å². The molecule has 0 saturated carbocycles. The van der Waals surface area contributed by atoms with Crippen LogP contribution >= 0.6 is 15.9 Å². The SMILES string of the molecule is CNC(C)Cc1ccc(Br)cc1F. The van der Waals surface area contributed by atoms with Crippen molar-refractivity contribution in [2.24, 2.45) is 0 Å². The van der Waals surface area contributed by atoms with E-state index in [1.807, 2.05) is 26.1 Å². The van der Waals surface area contributed by atoms with Gasteiger partial charge in [0.15, 0.2) is 0 Å². The van der Waals surface area contributed by atoms with Crippen LogP contribution in [-0.2, 0) is 6.42 Å². The lowest BCUT2D eigenvalue weighted by Crippen LogP contribution is -2.23. The Hall–Kier alpha value is -0.410. The summed E-state index contributed by atoms with van der Waals surface area (Å²) in [6.07, 6.45) is 0.718. The van der Waals surface area contributed by atoms with Crippen LogP contribution in [0.3, 0.4) is 0 Å². The molecule has 1 nitrogen and oxygen atoms in total. The lowest BCUT2D eigenvalue weighted by Gasteiger charge is -2.10. The van der Waals surface area contributed by atoms with Gasteiger partial charge in [0.05, 0.1) is 0 Å². The Morgan fingerprint density at radius 2 is 2.23 bits per heavy atom. The number of hydrogen-bond donors (Lipinski definition) is 1. The second-order valence-corrected chi connectivity index (χ2v) is 4.05. The first-order valence-electron chi connectivity index (χ1n) is 4.24. The van der Waals surface area contributed by atoms with Crippen LogP contribution in [0.25, 0.3) is 0 Å². The van der Waals surface area contributed by atoms with Gasteiger partial charge in [-0.15, -0.1) is 0 Å². The number of rotatable bonds is 3. The van der Waals surface area contributed by atoms with Crippen LogP contribution in [0, 0.1) is 5.82 Å². The summed E-state index contributed by atoms with van der Waals surface area (Å²) in [5.74, 6) is -0.142. The van der Waals surface area contributed by atoms with Crippen molar-refractivity contribution in [3.8, 4) is 0 Å². The molecule has 1 aromatic rings. The standard InChI is InChI=1S/C10H13BrFN/c1-7(13-2)5-8-3-4-9(11)6-10(8)12/h3-4,6-7,13H,5H2,1-2H3. The molecule has 1 aromatic carbocycles. The minimum Gasteiger partial charge on any atom is -0.317 e. The summed E-state index contributed by atoms with van der Waals surface area (Å²) >= 11 is 3.22. The minimum absolute atomic E-state index is 0.142. The second kappa shape index (κ2) is 4.72. The van der Waals surface area contributed by atoms with Crippen molar-refractivity contribution in [1.29, 1.82) is 0 Å². The Kier molecular flexibility index (Phi) is 3.88. The predicted molar refractivity (Wildman–Crippen MR) is 56.3 cm³/mol. The first-order valence-corrected chi connectivity index (χ1v) is 5.04. The van der Waals surface area contributed by atoms with Crippen molar-refractivity contribution in [1.82, 2.24) is 5.32 Å². The van der Waals surface area contributed by atoms with Crippen LogP contribution in [0.5, 0.6) is 0 Å². The maximum absolute atomic E-state index is 13.3. The van der Waals surface area contributed by atoms with Gasteiger partial charge in [-0.2, -0.15) is 0 Å². The van der Waals surface area contributed by atoms with Crippen LogP contribution < -0.4 is 5.32 Å². The van der Waals surface area contributed by atoms with Crippen LogP contribution in [0.1, 0.15) is 12.5 Å². The lowest BCUT2D eigenvalue weighted by molar-refractivity contribution is 0.563. The van der Waals surface area contributed by atoms with Crippen LogP contribution in [-0.4, -0.2) is 13.1 Å². The zero-order chi connectivity index (χ0) is 9.84. The van der Waals surface area contributed by atoms with Gasteiger partial charge in [0, 0.05) is 10.5 Å². The van der Waals surface area contributed by atoms with Gasteiger partial charge in [-0.05, 0) is 38.1 Å². The van der Waals surface area contributed by atoms with E-state index >= 15 is 0 Å². The zero-order valence-corrected chi connectivity index (χ0v) is 9.36. The topological polar surface area (TPSA) is 12.0 Å². The smallest absolute Gasteiger partial charge is 0.127 e. The van der Waals surface area contributed by atoms with E-state index in [1.165, 1.54) is 6.07 Å². The number of halogens is 2. The molecule has 0 spiro atoms. The molecular weight excluding hydrogens is 233 g/mol. The normalized spacial score (nSPS) is 12.9. The minimum atomic E-state index is -0.142. The van der Waals surface area contributed by atoms with Crippen LogP contribution in [0.15, 0.2) is 22.7 Å². The van der Waals surface area contributed by atoms with E-state index in [-0.39, 0.29) is 5.82 Å². The number of likely N-dealkylation sites (N-methyl/N-ethyl adjacent to an activating group) is 1. The number of benzene rings is 1. The molecule has 1 N–H and O–H groups in total. The first-order chi connectivity index (χ1) is 6.13. The van der Waals surface area contributed by atoms with Gasteiger partial charge < -0.3 is 5.32 Å². The highest BCUT2D eigenvalue weighted by atomic mass is 79.9. The molecule has 3 heteroatoms. The van der Waals surface area contributed by atoms with Crippen molar-refractivity contribution < 1.29 is 4.39 Å². The zero-order valence-electron chi connectivity index (χ0n) is 7.77. The molecule has 0 heterocycles. The first kappa shape index (κ1) is 10.7. The summed E-state index contributed by atoms with van der Waals surface area (Å²) in [5, 5.41) is 3.08. The Morgan fingerprint density at radius 1 is 1.54 bits per heavy atom. The lowest BCUT2D eigenvalue weighted by atomic mass is 10.1. The molecule has 1 rings (SSSR count). The molecule has 0 fully saturated rings. The third kappa shape index (κ3) is 3.08. The Balaban J connectivity index is 2.77. The van der Waals surface area contributed by atoms with Crippen molar-refractivity contribution in [2.75, 3.05) is 7.05 Å². The quantitative estimate of drug-likeness (QED) is 0.864. The maximum atomic E-state index is 13.3. The largest absolute Gasteiger partial charge is 0.317 e. The summed E-state index contributed by atoms with van der Waals surface area (Å²) < 4.78 is 14.1. The van der Waals surface area contributed by atoms with Gasteiger partial charge in [0.1, 0.15) is 5.82 Å². The van der Waals surface area contributed by atoms with E-state index in [1.54, 1.807) is 0 Å². The van der Waals surface area contributed by atoms with E-state index in [2.05, 4.69) is 21.2 Å². The predicted octanol–water partition coefficient (Wildman–Crippen LogP) is 2.74. The van der Waals surface area contributed by atoms with Gasteiger partial charge in [-0.3, -0.25) is 0 Å². The molecule has 0 amide bonds.